The second-order valence-corrected chi connectivity index (χ2v) is 9.72. The monoisotopic (exact) mass is 374 g/mol. The minimum Gasteiger partial charge on any atom is -0.327 e. The molecule has 3 atom stereocenters. The minimum atomic E-state index is -0.269. The van der Waals surface area contributed by atoms with Crippen molar-refractivity contribution in [2.75, 3.05) is 32.7 Å². The lowest BCUT2D eigenvalue weighted by atomic mass is 9.79. The number of nitrogens with two attached hydrogens (primary N) is 2. The fourth-order valence-corrected chi connectivity index (χ4v) is 4.67. The molecule has 0 bridgehead atoms. The van der Waals surface area contributed by atoms with Gasteiger partial charge in [-0.1, -0.05) is 18.6 Å². The van der Waals surface area contributed by atoms with Crippen LogP contribution >= 0.6 is 0 Å². The molecule has 27 heavy (non-hydrogen) atoms. The van der Waals surface area contributed by atoms with E-state index in [4.69, 9.17) is 16.9 Å². The summed E-state index contributed by atoms with van der Waals surface area (Å²) in [4.78, 5) is 2.61. The summed E-state index contributed by atoms with van der Waals surface area (Å²) in [6.07, 6.45) is 11.0. The third-order valence-electron chi connectivity index (χ3n) is 7.10. The van der Waals surface area contributed by atoms with Crippen molar-refractivity contribution >= 4 is 5.71 Å². The summed E-state index contributed by atoms with van der Waals surface area (Å²) in [7, 11) is 0. The number of nitrogens with zero attached hydrogens (tertiary/aromatic N) is 2. The van der Waals surface area contributed by atoms with E-state index in [9.17, 15) is 0 Å². The van der Waals surface area contributed by atoms with Crippen LogP contribution in [0.25, 0.3) is 0 Å². The second-order valence-electron chi connectivity index (χ2n) is 9.72. The maximum atomic E-state index is 8.65. The van der Waals surface area contributed by atoms with Gasteiger partial charge in [0, 0.05) is 56.4 Å². The van der Waals surface area contributed by atoms with Gasteiger partial charge in [0.2, 0.25) is 0 Å². The first-order valence-corrected chi connectivity index (χ1v) is 11.0. The number of piperazine rings is 1. The molecule has 1 saturated heterocycles. The Balaban J connectivity index is 1.25. The molecular formula is C21H38N6. The van der Waals surface area contributed by atoms with Crippen molar-refractivity contribution in [3.05, 3.63) is 11.6 Å². The number of rotatable bonds is 8. The van der Waals surface area contributed by atoms with Crippen LogP contribution in [0.5, 0.6) is 0 Å². The molecule has 0 amide bonds. The maximum absolute atomic E-state index is 8.65. The van der Waals surface area contributed by atoms with Crippen molar-refractivity contribution in [1.82, 2.24) is 15.3 Å². The molecule has 1 aliphatic heterocycles. The first kappa shape index (κ1) is 19.5. The molecule has 3 aliphatic carbocycles. The molecule has 6 nitrogen and oxygen atoms in total. The molecule has 2 saturated carbocycles. The Labute approximate surface area is 164 Å². The lowest BCUT2D eigenvalue weighted by Crippen LogP contribution is -2.56. The number of allylic oxidation sites excluding steroid dienone is 1. The lowest BCUT2D eigenvalue weighted by molar-refractivity contribution is 0.0851. The largest absolute Gasteiger partial charge is 0.327 e. The second kappa shape index (κ2) is 7.91. The predicted octanol–water partition coefficient (Wildman–Crippen LogP) is 1.47. The zero-order chi connectivity index (χ0) is 19.0. The molecule has 3 fully saturated rings. The van der Waals surface area contributed by atoms with E-state index in [0.717, 1.165) is 45.1 Å². The third-order valence-corrected chi connectivity index (χ3v) is 7.10. The van der Waals surface area contributed by atoms with Gasteiger partial charge in [0.25, 0.3) is 0 Å². The van der Waals surface area contributed by atoms with Gasteiger partial charge < -0.3 is 16.9 Å². The Bertz CT molecular complexity index is 571. The summed E-state index contributed by atoms with van der Waals surface area (Å²) in [5.41, 5.74) is 18.9. The zero-order valence-electron chi connectivity index (χ0n) is 16.9. The molecule has 3 unspecified atom stereocenters. The fraction of sp³-hybridized carbons (Fsp3) is 0.857. The van der Waals surface area contributed by atoms with Crippen LogP contribution in [0.15, 0.2) is 11.6 Å². The van der Waals surface area contributed by atoms with Gasteiger partial charge in [-0.25, -0.2) is 5.01 Å². The van der Waals surface area contributed by atoms with Crippen LogP contribution in [0, 0.1) is 16.7 Å². The van der Waals surface area contributed by atoms with Crippen molar-refractivity contribution in [2.24, 2.45) is 22.8 Å². The minimum absolute atomic E-state index is 0.0135. The molecule has 6 N–H and O–H groups in total. The molecule has 1 heterocycles. The summed E-state index contributed by atoms with van der Waals surface area (Å²) in [5.74, 6) is 0.0135. The summed E-state index contributed by atoms with van der Waals surface area (Å²) in [5, 5.41) is 10.9. The molecule has 0 spiro atoms. The van der Waals surface area contributed by atoms with E-state index in [1.807, 2.05) is 0 Å². The van der Waals surface area contributed by atoms with Gasteiger partial charge in [0.15, 0.2) is 0 Å². The Kier molecular flexibility index (Phi) is 5.72. The number of hydrogen-bond acceptors (Lipinski definition) is 6. The van der Waals surface area contributed by atoms with E-state index in [0.29, 0.717) is 17.7 Å². The Morgan fingerprint density at radius 2 is 1.96 bits per heavy atom. The molecule has 4 rings (SSSR count). The molecule has 6 heteroatoms. The van der Waals surface area contributed by atoms with Gasteiger partial charge in [0.05, 0.1) is 6.04 Å². The molecule has 152 valence electrons. The third kappa shape index (κ3) is 4.98. The molecule has 0 aromatic heterocycles. The highest BCUT2D eigenvalue weighted by molar-refractivity contribution is 5.91. The normalized spacial score (nSPS) is 32.8. The topological polar surface area (TPSA) is 94.4 Å². The van der Waals surface area contributed by atoms with Gasteiger partial charge in [-0.15, -0.1) is 0 Å². The molecule has 0 aromatic rings. The van der Waals surface area contributed by atoms with E-state index in [1.165, 1.54) is 37.7 Å². The van der Waals surface area contributed by atoms with Crippen LogP contribution < -0.4 is 16.9 Å². The zero-order valence-corrected chi connectivity index (χ0v) is 16.9. The van der Waals surface area contributed by atoms with E-state index in [2.05, 4.69) is 28.3 Å². The molecule has 4 aliphatic rings. The number of hydrogen-bond donors (Lipinski definition) is 4. The fourth-order valence-electron chi connectivity index (χ4n) is 4.67. The maximum Gasteiger partial charge on any atom is 0.0570 e. The lowest BCUT2D eigenvalue weighted by Gasteiger charge is -2.36. The van der Waals surface area contributed by atoms with Crippen molar-refractivity contribution in [2.45, 2.75) is 70.0 Å². The Morgan fingerprint density at radius 3 is 2.59 bits per heavy atom. The van der Waals surface area contributed by atoms with E-state index in [1.54, 1.807) is 0 Å². The summed E-state index contributed by atoms with van der Waals surface area (Å²) in [6, 6.07) is 0.630. The highest BCUT2D eigenvalue weighted by atomic mass is 15.5. The quantitative estimate of drug-likeness (QED) is 0.381. The smallest absolute Gasteiger partial charge is 0.0570 e. The Hall–Kier alpha value is -0.790. The molecular weight excluding hydrogens is 336 g/mol. The van der Waals surface area contributed by atoms with Crippen molar-refractivity contribution in [1.29, 1.82) is 5.41 Å². The van der Waals surface area contributed by atoms with Crippen LogP contribution in [-0.2, 0) is 0 Å². The number of hydrazine groups is 1. The van der Waals surface area contributed by atoms with Crippen molar-refractivity contribution < 1.29 is 0 Å². The van der Waals surface area contributed by atoms with Gasteiger partial charge in [-0.05, 0) is 50.4 Å². The first-order valence-electron chi connectivity index (χ1n) is 11.0. The average Bonchev–Trinajstić information content (AvgIpc) is 3.59. The highest BCUT2D eigenvalue weighted by Crippen LogP contribution is 2.51. The van der Waals surface area contributed by atoms with E-state index in [-0.39, 0.29) is 18.0 Å². The predicted molar refractivity (Wildman–Crippen MR) is 111 cm³/mol. The molecule has 0 aromatic carbocycles. The molecule has 0 radical (unpaired) electrons. The summed E-state index contributed by atoms with van der Waals surface area (Å²) >= 11 is 0. The van der Waals surface area contributed by atoms with Crippen LogP contribution in [0.1, 0.15) is 51.9 Å². The SMILES string of the molecule is CC1(CC2=CC(C(=N)C(N)CNN3CCN(C4CC4)CC3)C(N)CC2)CC1. The van der Waals surface area contributed by atoms with Gasteiger partial charge >= 0.3 is 0 Å². The van der Waals surface area contributed by atoms with E-state index < -0.39 is 0 Å². The van der Waals surface area contributed by atoms with Crippen molar-refractivity contribution in [3.8, 4) is 0 Å². The van der Waals surface area contributed by atoms with Gasteiger partial charge in [-0.2, -0.15) is 0 Å². The van der Waals surface area contributed by atoms with E-state index >= 15 is 0 Å². The first-order chi connectivity index (χ1) is 12.9. The van der Waals surface area contributed by atoms with Crippen LogP contribution in [-0.4, -0.2) is 66.5 Å². The highest BCUT2D eigenvalue weighted by Gasteiger charge is 2.39. The summed E-state index contributed by atoms with van der Waals surface area (Å²) in [6.45, 7) is 7.38. The standard InChI is InChI=1S/C21H38N6/c1-21(6-7-21)13-15-2-5-18(22)17(12-15)20(24)19(23)14-25-27-10-8-26(9-11-27)16-3-4-16/h12,16-19,24-25H,2-11,13-14,22-23H2,1H3. The van der Waals surface area contributed by atoms with Crippen LogP contribution in [0.4, 0.5) is 0 Å². The van der Waals surface area contributed by atoms with Gasteiger partial charge in [-0.3, -0.25) is 10.3 Å². The van der Waals surface area contributed by atoms with Crippen LogP contribution in [0.2, 0.25) is 0 Å². The summed E-state index contributed by atoms with van der Waals surface area (Å²) < 4.78 is 0. The average molecular weight is 375 g/mol. The van der Waals surface area contributed by atoms with Crippen molar-refractivity contribution in [3.63, 3.8) is 0 Å². The Morgan fingerprint density at radius 1 is 1.26 bits per heavy atom. The number of nitrogens with one attached hydrogen (secondary N) is 2. The van der Waals surface area contributed by atoms with Gasteiger partial charge in [0.1, 0.15) is 0 Å². The van der Waals surface area contributed by atoms with Crippen LogP contribution in [0.3, 0.4) is 0 Å².